The fraction of sp³-hybridized carbons (Fsp3) is 0.545. The van der Waals surface area contributed by atoms with Crippen molar-refractivity contribution >= 4 is 46.2 Å². The van der Waals surface area contributed by atoms with Gasteiger partial charge in [-0.1, -0.05) is 66.8 Å². The standard InChI is InChI=1S/C33H45IN4O6/c1-32(2,3)44-31(42)36-27(29(40)38-14-8-11-26(37-38)30(41)43-6)16-20-9-7-10-21(15-20)22-12-13-25-23(17-22)24(28(34)35-25)18-33(4,5)19-39/h7,9-10,12-13,15,17,24,26-28,35,37,39H,8,11,14,16,18-19H2,1-6H3,(H,36,42)/t24?,26-,27-,28?/m0/s1. The molecule has 1 fully saturated rings. The van der Waals surface area contributed by atoms with Crippen LogP contribution < -0.4 is 16.1 Å². The predicted octanol–water partition coefficient (Wildman–Crippen LogP) is 5.14. The van der Waals surface area contributed by atoms with E-state index in [1.165, 1.54) is 17.7 Å². The Balaban J connectivity index is 1.58. The monoisotopic (exact) mass is 720 g/mol. The van der Waals surface area contributed by atoms with Crippen LogP contribution in [0, 0.1) is 5.41 Å². The smallest absolute Gasteiger partial charge is 0.408 e. The number of rotatable bonds is 9. The molecule has 2 unspecified atom stereocenters. The van der Waals surface area contributed by atoms with Crippen molar-refractivity contribution in [3.05, 3.63) is 53.6 Å². The average molecular weight is 721 g/mol. The number of alkyl halides is 1. The van der Waals surface area contributed by atoms with Crippen molar-refractivity contribution in [2.24, 2.45) is 5.41 Å². The number of aliphatic hydroxyl groups excluding tert-OH is 1. The zero-order valence-corrected chi connectivity index (χ0v) is 28.6. The number of alkyl carbamates (subject to hydrolysis) is 1. The molecule has 44 heavy (non-hydrogen) atoms. The number of ether oxygens (including phenoxy) is 2. The molecule has 2 heterocycles. The Hall–Kier alpha value is -2.90. The highest BCUT2D eigenvalue weighted by Gasteiger charge is 2.36. The highest BCUT2D eigenvalue weighted by atomic mass is 127. The number of hydrogen-bond donors (Lipinski definition) is 4. The Labute approximate surface area is 273 Å². The summed E-state index contributed by atoms with van der Waals surface area (Å²) in [4.78, 5) is 38.8. The summed E-state index contributed by atoms with van der Waals surface area (Å²) in [6, 6.07) is 12.8. The number of nitrogens with zero attached hydrogens (tertiary/aromatic N) is 1. The molecule has 4 rings (SSSR count). The maximum atomic E-state index is 13.8. The van der Waals surface area contributed by atoms with Gasteiger partial charge in [-0.3, -0.25) is 14.6 Å². The molecule has 0 saturated carbocycles. The molecular weight excluding hydrogens is 675 g/mol. The predicted molar refractivity (Wildman–Crippen MR) is 178 cm³/mol. The number of esters is 1. The van der Waals surface area contributed by atoms with Crippen LogP contribution in [0.3, 0.4) is 0 Å². The number of methoxy groups -OCH3 is 1. The van der Waals surface area contributed by atoms with E-state index in [4.69, 9.17) is 9.47 Å². The maximum Gasteiger partial charge on any atom is 0.408 e. The SMILES string of the molecule is COC(=O)[C@@H]1CCCN(C(=O)[C@H](Cc2cccc(-c3ccc4c(c3)C(CC(C)(C)CO)C(I)N4)c2)NC(=O)OC(C)(C)C)N1. The first kappa shape index (κ1) is 34.0. The number of fused-ring (bicyclic) bond motifs is 1. The summed E-state index contributed by atoms with van der Waals surface area (Å²) in [5, 5.41) is 17.6. The number of hydrogen-bond acceptors (Lipinski definition) is 8. The molecular formula is C33H45IN4O6. The zero-order valence-electron chi connectivity index (χ0n) is 26.4. The first-order valence-corrected chi connectivity index (χ1v) is 16.3. The molecule has 10 nitrogen and oxygen atoms in total. The molecule has 0 aromatic heterocycles. The number of aliphatic hydroxyl groups is 1. The lowest BCUT2D eigenvalue weighted by Crippen LogP contribution is -2.60. The Kier molecular flexibility index (Phi) is 10.8. The molecule has 2 aliphatic heterocycles. The Morgan fingerprint density at radius 1 is 1.11 bits per heavy atom. The number of halogens is 1. The van der Waals surface area contributed by atoms with E-state index < -0.39 is 29.7 Å². The molecule has 1 saturated heterocycles. The summed E-state index contributed by atoms with van der Waals surface area (Å²) in [6.07, 6.45) is 1.56. The van der Waals surface area contributed by atoms with Gasteiger partial charge < -0.3 is 25.2 Å². The lowest BCUT2D eigenvalue weighted by Gasteiger charge is -2.35. The second kappa shape index (κ2) is 14.0. The molecule has 11 heteroatoms. The summed E-state index contributed by atoms with van der Waals surface area (Å²) < 4.78 is 10.6. The van der Waals surface area contributed by atoms with Crippen LogP contribution in [-0.4, -0.2) is 70.1 Å². The first-order chi connectivity index (χ1) is 20.7. The van der Waals surface area contributed by atoms with E-state index in [0.29, 0.717) is 19.4 Å². The van der Waals surface area contributed by atoms with Crippen molar-refractivity contribution in [2.75, 3.05) is 25.6 Å². The topological polar surface area (TPSA) is 129 Å². The van der Waals surface area contributed by atoms with Crippen molar-refractivity contribution < 1.29 is 29.0 Å². The van der Waals surface area contributed by atoms with Crippen LogP contribution in [0.5, 0.6) is 0 Å². The number of anilines is 1. The quantitative estimate of drug-likeness (QED) is 0.122. The second-order valence-electron chi connectivity index (χ2n) is 13.4. The van der Waals surface area contributed by atoms with E-state index in [9.17, 15) is 19.5 Å². The van der Waals surface area contributed by atoms with Crippen molar-refractivity contribution in [3.63, 3.8) is 0 Å². The van der Waals surface area contributed by atoms with Gasteiger partial charge >= 0.3 is 12.1 Å². The molecule has 2 amide bonds. The van der Waals surface area contributed by atoms with Crippen LogP contribution in [-0.2, 0) is 25.5 Å². The second-order valence-corrected chi connectivity index (χ2v) is 14.8. The van der Waals surface area contributed by atoms with Gasteiger partial charge in [0.25, 0.3) is 5.91 Å². The lowest BCUT2D eigenvalue weighted by molar-refractivity contribution is -0.150. The van der Waals surface area contributed by atoms with E-state index in [-0.39, 0.29) is 34.3 Å². The van der Waals surface area contributed by atoms with Crippen LogP contribution in [0.4, 0.5) is 10.5 Å². The average Bonchev–Trinajstić information content (AvgIpc) is 3.28. The van der Waals surface area contributed by atoms with Gasteiger partial charge in [0.2, 0.25) is 0 Å². The lowest BCUT2D eigenvalue weighted by atomic mass is 9.81. The summed E-state index contributed by atoms with van der Waals surface area (Å²) in [6.45, 7) is 9.98. The number of benzene rings is 2. The molecule has 2 aromatic carbocycles. The highest BCUT2D eigenvalue weighted by molar-refractivity contribution is 14.1. The van der Waals surface area contributed by atoms with Crippen molar-refractivity contribution in [1.29, 1.82) is 0 Å². The number of amides is 2. The van der Waals surface area contributed by atoms with Gasteiger partial charge in [0.1, 0.15) is 17.7 Å². The molecule has 0 aliphatic carbocycles. The molecule has 0 bridgehead atoms. The van der Waals surface area contributed by atoms with Crippen LogP contribution >= 0.6 is 22.6 Å². The van der Waals surface area contributed by atoms with E-state index >= 15 is 0 Å². The minimum atomic E-state index is -0.932. The van der Waals surface area contributed by atoms with Crippen LogP contribution in [0.1, 0.15) is 70.9 Å². The Morgan fingerprint density at radius 2 is 1.84 bits per heavy atom. The van der Waals surface area contributed by atoms with Crippen molar-refractivity contribution in [2.45, 2.75) is 88.0 Å². The summed E-state index contributed by atoms with van der Waals surface area (Å²) in [5.41, 5.74) is 7.28. The van der Waals surface area contributed by atoms with Crippen molar-refractivity contribution in [3.8, 4) is 11.1 Å². The van der Waals surface area contributed by atoms with E-state index in [1.54, 1.807) is 20.8 Å². The van der Waals surface area contributed by atoms with Gasteiger partial charge in [-0.25, -0.2) is 10.2 Å². The normalized spacial score (nSPS) is 20.7. The van der Waals surface area contributed by atoms with Gasteiger partial charge in [0, 0.05) is 31.2 Å². The van der Waals surface area contributed by atoms with E-state index in [1.807, 2.05) is 24.3 Å². The van der Waals surface area contributed by atoms with Crippen LogP contribution in [0.2, 0.25) is 0 Å². The summed E-state index contributed by atoms with van der Waals surface area (Å²) in [5.74, 6) is -0.546. The molecule has 2 aliphatic rings. The van der Waals surface area contributed by atoms with Gasteiger partial charge in [0.05, 0.1) is 11.2 Å². The van der Waals surface area contributed by atoms with Crippen LogP contribution in [0.15, 0.2) is 42.5 Å². The molecule has 240 valence electrons. The van der Waals surface area contributed by atoms with E-state index in [2.05, 4.69) is 70.7 Å². The fourth-order valence-corrected chi connectivity index (χ4v) is 6.65. The summed E-state index contributed by atoms with van der Waals surface area (Å²) in [7, 11) is 1.32. The number of hydrazine groups is 1. The minimum absolute atomic E-state index is 0.122. The van der Waals surface area contributed by atoms with E-state index in [0.717, 1.165) is 28.8 Å². The minimum Gasteiger partial charge on any atom is -0.468 e. The third-order valence-electron chi connectivity index (χ3n) is 7.93. The van der Waals surface area contributed by atoms with Gasteiger partial charge in [-0.05, 0) is 79.8 Å². The molecule has 4 atom stereocenters. The number of carbonyl (C=O) groups excluding carboxylic acids is 3. The highest BCUT2D eigenvalue weighted by Crippen LogP contribution is 2.46. The molecule has 4 N–H and O–H groups in total. The third kappa shape index (κ3) is 8.63. The first-order valence-electron chi connectivity index (χ1n) is 15.1. The number of carbonyl (C=O) groups is 3. The Bertz CT molecular complexity index is 1360. The number of nitrogens with one attached hydrogen (secondary N) is 3. The van der Waals surface area contributed by atoms with Crippen molar-refractivity contribution in [1.82, 2.24) is 15.8 Å². The molecule has 0 spiro atoms. The van der Waals surface area contributed by atoms with Gasteiger partial charge in [0.15, 0.2) is 0 Å². The molecule has 2 aromatic rings. The third-order valence-corrected chi connectivity index (χ3v) is 9.10. The van der Waals surface area contributed by atoms with Gasteiger partial charge in [-0.15, -0.1) is 0 Å². The zero-order chi connectivity index (χ0) is 32.2. The largest absolute Gasteiger partial charge is 0.468 e. The maximum absolute atomic E-state index is 13.8. The molecule has 0 radical (unpaired) electrons. The fourth-order valence-electron chi connectivity index (χ4n) is 5.67. The summed E-state index contributed by atoms with van der Waals surface area (Å²) >= 11 is 2.44. The van der Waals surface area contributed by atoms with Gasteiger partial charge in [-0.2, -0.15) is 0 Å². The Morgan fingerprint density at radius 3 is 2.52 bits per heavy atom. The van der Waals surface area contributed by atoms with Crippen LogP contribution in [0.25, 0.3) is 11.1 Å².